The van der Waals surface area contributed by atoms with Crippen LogP contribution in [0, 0.1) is 5.82 Å². The second kappa shape index (κ2) is 10.7. The van der Waals surface area contributed by atoms with Crippen molar-refractivity contribution in [3.63, 3.8) is 0 Å². The van der Waals surface area contributed by atoms with Gasteiger partial charge in [0.25, 0.3) is 0 Å². The smallest absolute Gasteiger partial charge is 0.229 e. The number of hydrogen-bond donors (Lipinski definition) is 4. The van der Waals surface area contributed by atoms with Gasteiger partial charge < -0.3 is 30.4 Å². The highest BCUT2D eigenvalue weighted by Crippen LogP contribution is 2.34. The Kier molecular flexibility index (Phi) is 7.34. The molecule has 0 saturated carbocycles. The normalized spacial score (nSPS) is 19.6. The number of aromatic amines is 1. The Morgan fingerprint density at radius 3 is 2.74 bits per heavy atom. The average Bonchev–Trinajstić information content (AvgIpc) is 3.48. The SMILES string of the molecule is CCNC1C=C(Nc2nc(-c3cn(C)c4ccc(F)cc34)c3cc[nH]c3n2)C=CC1(CCN(C)C)NCC. The molecule has 1 aliphatic carbocycles. The fraction of sp³-hybridized carbons (Fsp3) is 0.379. The molecule has 9 heteroatoms. The van der Waals surface area contributed by atoms with Crippen molar-refractivity contribution in [3.05, 3.63) is 66.4 Å². The second-order valence-corrected chi connectivity index (χ2v) is 10.2. The van der Waals surface area contributed by atoms with Crippen molar-refractivity contribution in [2.24, 2.45) is 7.05 Å². The fourth-order valence-electron chi connectivity index (χ4n) is 5.39. The number of likely N-dealkylation sites (N-methyl/N-ethyl adjacent to an activating group) is 2. The van der Waals surface area contributed by atoms with Gasteiger partial charge in [0.1, 0.15) is 11.5 Å². The molecule has 200 valence electrons. The van der Waals surface area contributed by atoms with Crippen molar-refractivity contribution in [2.45, 2.75) is 31.8 Å². The Hall–Kier alpha value is -3.53. The Bertz CT molecular complexity index is 1500. The molecule has 5 rings (SSSR count). The molecule has 0 fully saturated rings. The van der Waals surface area contributed by atoms with Gasteiger partial charge in [0.2, 0.25) is 5.95 Å². The van der Waals surface area contributed by atoms with Crippen LogP contribution in [0.5, 0.6) is 0 Å². The van der Waals surface area contributed by atoms with Crippen LogP contribution in [0.15, 0.2) is 60.6 Å². The maximum atomic E-state index is 14.2. The summed E-state index contributed by atoms with van der Waals surface area (Å²) in [6, 6.07) is 6.91. The third kappa shape index (κ3) is 4.97. The predicted molar refractivity (Wildman–Crippen MR) is 154 cm³/mol. The molecule has 4 aromatic rings. The van der Waals surface area contributed by atoms with Crippen molar-refractivity contribution in [2.75, 3.05) is 39.0 Å². The number of aryl methyl sites for hydroxylation is 1. The van der Waals surface area contributed by atoms with E-state index in [-0.39, 0.29) is 17.4 Å². The van der Waals surface area contributed by atoms with Gasteiger partial charge in [-0.1, -0.05) is 19.9 Å². The maximum absolute atomic E-state index is 14.2. The number of allylic oxidation sites excluding steroid dienone is 1. The average molecular weight is 517 g/mol. The number of H-pyrrole nitrogens is 1. The first-order valence-electron chi connectivity index (χ1n) is 13.2. The van der Waals surface area contributed by atoms with Crippen molar-refractivity contribution >= 4 is 27.9 Å². The number of nitrogens with one attached hydrogen (secondary N) is 4. The molecule has 38 heavy (non-hydrogen) atoms. The van der Waals surface area contributed by atoms with Crippen molar-refractivity contribution in [1.82, 2.24) is 35.1 Å². The third-order valence-corrected chi connectivity index (χ3v) is 7.24. The first-order valence-corrected chi connectivity index (χ1v) is 13.2. The number of aromatic nitrogens is 4. The zero-order valence-corrected chi connectivity index (χ0v) is 22.8. The minimum atomic E-state index is -0.270. The lowest BCUT2D eigenvalue weighted by Crippen LogP contribution is -2.60. The Morgan fingerprint density at radius 1 is 1.13 bits per heavy atom. The molecule has 1 aromatic carbocycles. The van der Waals surface area contributed by atoms with Gasteiger partial charge in [-0.05, 0) is 76.6 Å². The van der Waals surface area contributed by atoms with Gasteiger partial charge in [-0.2, -0.15) is 4.98 Å². The van der Waals surface area contributed by atoms with E-state index in [9.17, 15) is 4.39 Å². The molecule has 0 radical (unpaired) electrons. The Morgan fingerprint density at radius 2 is 1.97 bits per heavy atom. The van der Waals surface area contributed by atoms with E-state index in [1.54, 1.807) is 12.1 Å². The first-order chi connectivity index (χ1) is 18.3. The van der Waals surface area contributed by atoms with E-state index in [0.717, 1.165) is 64.9 Å². The summed E-state index contributed by atoms with van der Waals surface area (Å²) in [4.78, 5) is 15.1. The topological polar surface area (TPSA) is 85.8 Å². The summed E-state index contributed by atoms with van der Waals surface area (Å²) in [5.74, 6) is 0.215. The van der Waals surface area contributed by atoms with Crippen LogP contribution in [-0.2, 0) is 7.05 Å². The molecular weight excluding hydrogens is 479 g/mol. The summed E-state index contributed by atoms with van der Waals surface area (Å²) in [6.45, 7) is 6.97. The highest BCUT2D eigenvalue weighted by molar-refractivity contribution is 6.02. The molecule has 0 bridgehead atoms. The number of nitrogens with zero attached hydrogens (tertiary/aromatic N) is 4. The molecule has 8 nitrogen and oxygen atoms in total. The van der Waals surface area contributed by atoms with Crippen molar-refractivity contribution in [1.29, 1.82) is 0 Å². The van der Waals surface area contributed by atoms with Gasteiger partial charge in [0, 0.05) is 53.0 Å². The van der Waals surface area contributed by atoms with Gasteiger partial charge >= 0.3 is 0 Å². The largest absolute Gasteiger partial charge is 0.350 e. The molecule has 0 saturated heterocycles. The van der Waals surface area contributed by atoms with Crippen LogP contribution in [-0.4, -0.2) is 69.7 Å². The minimum Gasteiger partial charge on any atom is -0.350 e. The molecule has 2 atom stereocenters. The van der Waals surface area contributed by atoms with Gasteiger partial charge in [0.15, 0.2) is 0 Å². The maximum Gasteiger partial charge on any atom is 0.229 e. The highest BCUT2D eigenvalue weighted by atomic mass is 19.1. The monoisotopic (exact) mass is 516 g/mol. The number of hydrogen-bond acceptors (Lipinski definition) is 6. The summed E-state index contributed by atoms with van der Waals surface area (Å²) in [7, 11) is 6.17. The molecule has 3 aromatic heterocycles. The quantitative estimate of drug-likeness (QED) is 0.250. The second-order valence-electron chi connectivity index (χ2n) is 10.2. The molecule has 4 N–H and O–H groups in total. The van der Waals surface area contributed by atoms with Crippen LogP contribution in [0.1, 0.15) is 20.3 Å². The fourth-order valence-corrected chi connectivity index (χ4v) is 5.39. The van der Waals surface area contributed by atoms with E-state index in [4.69, 9.17) is 9.97 Å². The number of benzene rings is 1. The Labute approximate surface area is 223 Å². The molecule has 0 amide bonds. The summed E-state index contributed by atoms with van der Waals surface area (Å²) in [5.41, 5.74) is 4.03. The van der Waals surface area contributed by atoms with Crippen LogP contribution in [0.2, 0.25) is 0 Å². The predicted octanol–water partition coefficient (Wildman–Crippen LogP) is 4.40. The minimum absolute atomic E-state index is 0.0923. The molecular formula is C29H37FN8. The standard InChI is InChI=1S/C29H37FN8/c1-6-31-25-17-20(10-12-29(25,33-7-2)13-15-37(3)4)34-28-35-26(21-11-14-32-27(21)36-28)23-18-38(5)24-9-8-19(30)16-22(23)24/h8-12,14,16-18,25,31,33H,6-7,13,15H2,1-5H3,(H2,32,34,35,36). The lowest BCUT2D eigenvalue weighted by Gasteiger charge is -2.41. The number of rotatable bonds is 10. The summed E-state index contributed by atoms with van der Waals surface area (Å²) in [5, 5.41) is 12.5. The molecule has 0 aliphatic heterocycles. The number of fused-ring (bicyclic) bond motifs is 2. The number of anilines is 1. The van der Waals surface area contributed by atoms with Gasteiger partial charge in [-0.15, -0.1) is 0 Å². The van der Waals surface area contributed by atoms with E-state index in [1.807, 2.05) is 30.1 Å². The summed E-state index contributed by atoms with van der Waals surface area (Å²) >= 11 is 0. The number of halogens is 1. The van der Waals surface area contributed by atoms with E-state index < -0.39 is 0 Å². The molecule has 2 unspecified atom stereocenters. The van der Waals surface area contributed by atoms with Crippen LogP contribution in [0.25, 0.3) is 33.2 Å². The van der Waals surface area contributed by atoms with E-state index >= 15 is 0 Å². The zero-order chi connectivity index (χ0) is 26.9. The lowest BCUT2D eigenvalue weighted by molar-refractivity contribution is 0.269. The van der Waals surface area contributed by atoms with Crippen molar-refractivity contribution < 1.29 is 4.39 Å². The van der Waals surface area contributed by atoms with Crippen LogP contribution in [0.4, 0.5) is 10.3 Å². The Balaban J connectivity index is 1.52. The lowest BCUT2D eigenvalue weighted by atomic mass is 9.82. The van der Waals surface area contributed by atoms with E-state index in [0.29, 0.717) is 5.95 Å². The highest BCUT2D eigenvalue weighted by Gasteiger charge is 2.36. The van der Waals surface area contributed by atoms with Crippen molar-refractivity contribution in [3.8, 4) is 11.3 Å². The summed E-state index contributed by atoms with van der Waals surface area (Å²) in [6.07, 6.45) is 11.4. The van der Waals surface area contributed by atoms with Crippen LogP contribution < -0.4 is 16.0 Å². The molecule has 3 heterocycles. The van der Waals surface area contributed by atoms with Crippen LogP contribution in [0.3, 0.4) is 0 Å². The van der Waals surface area contributed by atoms with E-state index in [1.165, 1.54) is 6.07 Å². The molecule has 1 aliphatic rings. The van der Waals surface area contributed by atoms with E-state index in [2.05, 4.69) is 72.0 Å². The zero-order valence-electron chi connectivity index (χ0n) is 22.8. The third-order valence-electron chi connectivity index (χ3n) is 7.24. The first kappa shape index (κ1) is 26.1. The van der Waals surface area contributed by atoms with Gasteiger partial charge in [-0.3, -0.25) is 0 Å². The summed E-state index contributed by atoms with van der Waals surface area (Å²) < 4.78 is 16.2. The van der Waals surface area contributed by atoms with Gasteiger partial charge in [0.05, 0.1) is 11.2 Å². The molecule has 0 spiro atoms. The van der Waals surface area contributed by atoms with Gasteiger partial charge in [-0.25, -0.2) is 9.37 Å². The van der Waals surface area contributed by atoms with Crippen LogP contribution >= 0.6 is 0 Å².